The summed E-state index contributed by atoms with van der Waals surface area (Å²) in [5.74, 6) is -0.298. The fraction of sp³-hybridized carbons (Fsp3) is 0.261. The van der Waals surface area contributed by atoms with Gasteiger partial charge in [0.15, 0.2) is 5.11 Å². The number of hydrazine groups is 1. The van der Waals surface area contributed by atoms with Gasteiger partial charge in [0.05, 0.1) is 12.2 Å². The molecule has 1 aromatic heterocycles. The molecule has 2 aromatic carbocycles. The molecule has 2 atom stereocenters. The van der Waals surface area contributed by atoms with Crippen LogP contribution in [0.1, 0.15) is 46.9 Å². The smallest absolute Gasteiger partial charge is 0.275 e. The number of para-hydroxylation sites is 1. The number of amides is 1. The molecule has 0 spiro atoms. The number of carbonyl (C=O) groups excluding carboxylic acids is 1. The van der Waals surface area contributed by atoms with E-state index < -0.39 is 18.4 Å². The molecule has 1 aliphatic heterocycles. The number of anilines is 2. The first-order valence-electron chi connectivity index (χ1n) is 10.6. The Morgan fingerprint density at radius 3 is 2.64 bits per heavy atom. The van der Waals surface area contributed by atoms with Gasteiger partial charge >= 0.3 is 0 Å². The molecular formula is C23H24F2N6OS. The SMILES string of the molecule is CCc1ccccc1NC(=S)NNC(=O)c1cnn2c1NC(c1ccccc1)CC2C(F)F. The second-order valence-corrected chi connectivity index (χ2v) is 8.05. The molecule has 1 amide bonds. The van der Waals surface area contributed by atoms with Crippen molar-refractivity contribution in [1.82, 2.24) is 20.6 Å². The third-order valence-electron chi connectivity index (χ3n) is 5.57. The van der Waals surface area contributed by atoms with Gasteiger partial charge in [-0.15, -0.1) is 0 Å². The predicted octanol–water partition coefficient (Wildman–Crippen LogP) is 4.44. The Hall–Kier alpha value is -3.53. The number of hydrogen-bond donors (Lipinski definition) is 4. The third-order valence-corrected chi connectivity index (χ3v) is 5.78. The zero-order valence-corrected chi connectivity index (χ0v) is 18.7. The van der Waals surface area contributed by atoms with E-state index in [0.717, 1.165) is 23.2 Å². The standard InChI is InChI=1S/C23H24F2N6OS/c1-2-14-8-6-7-11-17(14)28-23(33)30-29-22(32)16-13-26-31-19(20(24)25)12-18(27-21(16)31)15-9-4-3-5-10-15/h3-11,13,18-20,27H,2,12H2,1H3,(H,29,32)(H2,28,30,33). The lowest BCUT2D eigenvalue weighted by atomic mass is 9.97. The zero-order valence-electron chi connectivity index (χ0n) is 17.9. The topological polar surface area (TPSA) is 83.0 Å². The number of aryl methyl sites for hydroxylation is 1. The minimum Gasteiger partial charge on any atom is -0.363 e. The fourth-order valence-corrected chi connectivity index (χ4v) is 4.05. The minimum atomic E-state index is -2.62. The van der Waals surface area contributed by atoms with Crippen molar-refractivity contribution in [3.05, 3.63) is 77.5 Å². The van der Waals surface area contributed by atoms with Crippen molar-refractivity contribution < 1.29 is 13.6 Å². The summed E-state index contributed by atoms with van der Waals surface area (Å²) in [5.41, 5.74) is 8.10. The molecular weight excluding hydrogens is 446 g/mol. The first-order chi connectivity index (χ1) is 16.0. The van der Waals surface area contributed by atoms with Crippen molar-refractivity contribution in [2.75, 3.05) is 10.6 Å². The van der Waals surface area contributed by atoms with Crippen LogP contribution in [0.5, 0.6) is 0 Å². The molecule has 0 radical (unpaired) electrons. The van der Waals surface area contributed by atoms with Gasteiger partial charge in [-0.2, -0.15) is 5.10 Å². The number of alkyl halides is 2. The molecule has 1 aliphatic rings. The van der Waals surface area contributed by atoms with Crippen LogP contribution in [0, 0.1) is 0 Å². The highest BCUT2D eigenvalue weighted by molar-refractivity contribution is 7.80. The molecule has 0 aliphatic carbocycles. The van der Waals surface area contributed by atoms with Crippen LogP contribution in [0.4, 0.5) is 20.3 Å². The van der Waals surface area contributed by atoms with E-state index in [-0.39, 0.29) is 29.0 Å². The summed E-state index contributed by atoms with van der Waals surface area (Å²) in [6.45, 7) is 2.03. The van der Waals surface area contributed by atoms with Crippen LogP contribution >= 0.6 is 12.2 Å². The molecule has 7 nitrogen and oxygen atoms in total. The number of carbonyl (C=O) groups is 1. The molecule has 0 saturated heterocycles. The fourth-order valence-electron chi connectivity index (χ4n) is 3.89. The summed E-state index contributed by atoms with van der Waals surface area (Å²) in [6, 6.07) is 15.5. The molecule has 2 heterocycles. The highest BCUT2D eigenvalue weighted by Gasteiger charge is 2.36. The average Bonchev–Trinajstić information content (AvgIpc) is 3.27. The normalized spacial score (nSPS) is 17.1. The van der Waals surface area contributed by atoms with Crippen LogP contribution in [-0.2, 0) is 6.42 Å². The first kappa shape index (κ1) is 22.7. The van der Waals surface area contributed by atoms with E-state index in [9.17, 15) is 13.6 Å². The molecule has 172 valence electrons. The number of benzene rings is 2. The second kappa shape index (κ2) is 9.95. The number of aromatic nitrogens is 2. The molecule has 0 bridgehead atoms. The van der Waals surface area contributed by atoms with Crippen molar-refractivity contribution in [1.29, 1.82) is 0 Å². The van der Waals surface area contributed by atoms with E-state index in [1.165, 1.54) is 10.9 Å². The maximum Gasteiger partial charge on any atom is 0.275 e. The molecule has 0 saturated carbocycles. The number of nitrogens with zero attached hydrogens (tertiary/aromatic N) is 2. The van der Waals surface area contributed by atoms with Gasteiger partial charge in [-0.25, -0.2) is 13.5 Å². The van der Waals surface area contributed by atoms with Gasteiger partial charge in [-0.3, -0.25) is 15.6 Å². The van der Waals surface area contributed by atoms with E-state index in [1.807, 2.05) is 61.5 Å². The Morgan fingerprint density at radius 2 is 1.91 bits per heavy atom. The van der Waals surface area contributed by atoms with E-state index in [1.54, 1.807) is 0 Å². The van der Waals surface area contributed by atoms with Gasteiger partial charge in [-0.05, 0) is 42.3 Å². The number of nitrogens with one attached hydrogen (secondary N) is 4. The van der Waals surface area contributed by atoms with Crippen molar-refractivity contribution >= 4 is 34.7 Å². The second-order valence-electron chi connectivity index (χ2n) is 7.64. The number of fused-ring (bicyclic) bond motifs is 1. The predicted molar refractivity (Wildman–Crippen MR) is 127 cm³/mol. The molecule has 4 rings (SSSR count). The lowest BCUT2D eigenvalue weighted by molar-refractivity contribution is 0.0656. The summed E-state index contributed by atoms with van der Waals surface area (Å²) < 4.78 is 28.8. The van der Waals surface area contributed by atoms with Crippen molar-refractivity contribution in [2.45, 2.75) is 38.3 Å². The van der Waals surface area contributed by atoms with Crippen LogP contribution in [-0.4, -0.2) is 27.2 Å². The molecule has 2 unspecified atom stereocenters. The zero-order chi connectivity index (χ0) is 23.4. The van der Waals surface area contributed by atoms with Crippen molar-refractivity contribution in [2.24, 2.45) is 0 Å². The maximum atomic E-state index is 13.8. The third kappa shape index (κ3) is 4.95. The van der Waals surface area contributed by atoms with E-state index in [2.05, 4.69) is 26.6 Å². The number of hydrogen-bond acceptors (Lipinski definition) is 4. The van der Waals surface area contributed by atoms with Gasteiger partial charge in [-0.1, -0.05) is 55.5 Å². The highest BCUT2D eigenvalue weighted by atomic mass is 32.1. The van der Waals surface area contributed by atoms with Crippen LogP contribution < -0.4 is 21.5 Å². The summed E-state index contributed by atoms with van der Waals surface area (Å²) in [4.78, 5) is 12.8. The van der Waals surface area contributed by atoms with Crippen LogP contribution in [0.25, 0.3) is 0 Å². The highest BCUT2D eigenvalue weighted by Crippen LogP contribution is 2.39. The first-order valence-corrected chi connectivity index (χ1v) is 11.0. The largest absolute Gasteiger partial charge is 0.363 e. The Morgan fingerprint density at radius 1 is 1.18 bits per heavy atom. The Bertz CT molecular complexity index is 1140. The van der Waals surface area contributed by atoms with Crippen LogP contribution in [0.2, 0.25) is 0 Å². The average molecular weight is 471 g/mol. The number of thiocarbonyl (C=S) groups is 1. The maximum absolute atomic E-state index is 13.8. The molecule has 33 heavy (non-hydrogen) atoms. The summed E-state index contributed by atoms with van der Waals surface area (Å²) in [6.07, 6.45) is -0.368. The lowest BCUT2D eigenvalue weighted by Crippen LogP contribution is -2.44. The Balaban J connectivity index is 1.48. The quantitative estimate of drug-likeness (QED) is 0.326. The molecule has 0 fully saturated rings. The summed E-state index contributed by atoms with van der Waals surface area (Å²) >= 11 is 5.28. The summed E-state index contributed by atoms with van der Waals surface area (Å²) in [5, 5.41) is 10.5. The van der Waals surface area contributed by atoms with E-state index in [4.69, 9.17) is 12.2 Å². The monoisotopic (exact) mass is 470 g/mol. The van der Waals surface area contributed by atoms with Crippen LogP contribution in [0.15, 0.2) is 60.8 Å². The van der Waals surface area contributed by atoms with E-state index >= 15 is 0 Å². The van der Waals surface area contributed by atoms with Gasteiger partial charge in [0.1, 0.15) is 17.4 Å². The number of rotatable bonds is 5. The van der Waals surface area contributed by atoms with Gasteiger partial charge < -0.3 is 10.6 Å². The van der Waals surface area contributed by atoms with Gasteiger partial charge in [0, 0.05) is 5.69 Å². The Kier molecular flexibility index (Phi) is 6.83. The van der Waals surface area contributed by atoms with Crippen LogP contribution in [0.3, 0.4) is 0 Å². The molecule has 4 N–H and O–H groups in total. The van der Waals surface area contributed by atoms with Gasteiger partial charge in [0.2, 0.25) is 0 Å². The Labute approximate surface area is 195 Å². The molecule has 3 aromatic rings. The summed E-state index contributed by atoms with van der Waals surface area (Å²) in [7, 11) is 0. The lowest BCUT2D eigenvalue weighted by Gasteiger charge is -2.32. The van der Waals surface area contributed by atoms with Crippen molar-refractivity contribution in [3.63, 3.8) is 0 Å². The minimum absolute atomic E-state index is 0.144. The molecule has 10 heteroatoms. The van der Waals surface area contributed by atoms with E-state index in [0.29, 0.717) is 0 Å². The van der Waals surface area contributed by atoms with Gasteiger partial charge in [0.25, 0.3) is 12.3 Å². The number of halogens is 2. The van der Waals surface area contributed by atoms with Crippen molar-refractivity contribution in [3.8, 4) is 0 Å².